The summed E-state index contributed by atoms with van der Waals surface area (Å²) in [5.74, 6) is -0.134. The number of anilines is 1. The number of carbonyl (C=O) groups is 1. The van der Waals surface area contributed by atoms with Crippen LogP contribution in [0.25, 0.3) is 0 Å². The second-order valence-corrected chi connectivity index (χ2v) is 5.94. The summed E-state index contributed by atoms with van der Waals surface area (Å²) < 4.78 is 4.81. The van der Waals surface area contributed by atoms with E-state index in [1.54, 1.807) is 11.8 Å². The van der Waals surface area contributed by atoms with Gasteiger partial charge in [0.25, 0.3) is 0 Å². The lowest BCUT2D eigenvalue weighted by atomic mass is 10.2. The number of para-hydroxylation sites is 1. The highest BCUT2D eigenvalue weighted by Crippen LogP contribution is 2.44. The molecule has 0 saturated heterocycles. The summed E-state index contributed by atoms with van der Waals surface area (Å²) in [4.78, 5) is 15.2. The van der Waals surface area contributed by atoms with Crippen molar-refractivity contribution in [2.24, 2.45) is 0 Å². The lowest BCUT2D eigenvalue weighted by molar-refractivity contribution is -0.140. The van der Waals surface area contributed by atoms with Crippen LogP contribution in [0.2, 0.25) is 0 Å². The topological polar surface area (TPSA) is 29.5 Å². The van der Waals surface area contributed by atoms with Crippen molar-refractivity contribution in [3.8, 4) is 0 Å². The monoisotopic (exact) mass is 279 g/mol. The molecular formula is C15H21NO2S. The molecule has 0 aromatic heterocycles. The summed E-state index contributed by atoms with van der Waals surface area (Å²) in [7, 11) is 1.45. The lowest BCUT2D eigenvalue weighted by Crippen LogP contribution is -2.32. The molecular weight excluding hydrogens is 258 g/mol. The quantitative estimate of drug-likeness (QED) is 0.587. The van der Waals surface area contributed by atoms with E-state index in [9.17, 15) is 4.79 Å². The van der Waals surface area contributed by atoms with Crippen LogP contribution < -0.4 is 4.90 Å². The van der Waals surface area contributed by atoms with Crippen LogP contribution in [0.4, 0.5) is 5.69 Å². The molecule has 0 radical (unpaired) electrons. The maximum atomic E-state index is 11.5. The molecule has 0 aliphatic carbocycles. The number of thioether (sulfide) groups is 1. The molecule has 1 heterocycles. The maximum Gasteiger partial charge on any atom is 0.308 e. The van der Waals surface area contributed by atoms with Crippen molar-refractivity contribution in [3.05, 3.63) is 24.3 Å². The number of benzene rings is 1. The van der Waals surface area contributed by atoms with Crippen LogP contribution in [0, 0.1) is 0 Å². The fraction of sp³-hybridized carbons (Fsp3) is 0.533. The predicted octanol–water partition coefficient (Wildman–Crippen LogP) is 3.68. The zero-order valence-electron chi connectivity index (χ0n) is 11.6. The first-order valence-electron chi connectivity index (χ1n) is 6.85. The van der Waals surface area contributed by atoms with Gasteiger partial charge in [0.05, 0.1) is 24.6 Å². The number of fused-ring (bicyclic) bond motifs is 1. The Bertz CT molecular complexity index is 436. The molecule has 0 bridgehead atoms. The van der Waals surface area contributed by atoms with Gasteiger partial charge in [-0.05, 0) is 18.6 Å². The van der Waals surface area contributed by atoms with Gasteiger partial charge in [-0.25, -0.2) is 0 Å². The van der Waals surface area contributed by atoms with E-state index < -0.39 is 0 Å². The van der Waals surface area contributed by atoms with Gasteiger partial charge in [-0.15, -0.1) is 0 Å². The summed E-state index contributed by atoms with van der Waals surface area (Å²) in [6.45, 7) is 3.22. The van der Waals surface area contributed by atoms with E-state index in [-0.39, 0.29) is 11.3 Å². The normalized spacial score (nSPS) is 17.4. The maximum absolute atomic E-state index is 11.5. The van der Waals surface area contributed by atoms with Gasteiger partial charge in [-0.1, -0.05) is 43.7 Å². The highest BCUT2D eigenvalue weighted by atomic mass is 32.2. The molecule has 19 heavy (non-hydrogen) atoms. The number of hydrogen-bond acceptors (Lipinski definition) is 4. The van der Waals surface area contributed by atoms with Crippen molar-refractivity contribution < 1.29 is 9.53 Å². The Morgan fingerprint density at radius 2 is 2.16 bits per heavy atom. The van der Waals surface area contributed by atoms with Crippen LogP contribution >= 0.6 is 11.8 Å². The number of nitrogens with zero attached hydrogens (tertiary/aromatic N) is 1. The smallest absolute Gasteiger partial charge is 0.308 e. The molecule has 0 saturated carbocycles. The van der Waals surface area contributed by atoms with Gasteiger partial charge in [0, 0.05) is 11.4 Å². The van der Waals surface area contributed by atoms with Gasteiger partial charge < -0.3 is 9.64 Å². The van der Waals surface area contributed by atoms with Gasteiger partial charge in [-0.3, -0.25) is 4.79 Å². The number of esters is 1. The van der Waals surface area contributed by atoms with E-state index in [0.717, 1.165) is 6.54 Å². The number of ether oxygens (including phenoxy) is 1. The zero-order valence-corrected chi connectivity index (χ0v) is 12.4. The highest BCUT2D eigenvalue weighted by Gasteiger charge is 2.31. The Morgan fingerprint density at radius 1 is 1.37 bits per heavy atom. The van der Waals surface area contributed by atoms with Crippen LogP contribution in [0.15, 0.2) is 29.2 Å². The largest absolute Gasteiger partial charge is 0.469 e. The van der Waals surface area contributed by atoms with E-state index in [2.05, 4.69) is 36.1 Å². The van der Waals surface area contributed by atoms with Crippen LogP contribution in [0.1, 0.15) is 32.6 Å². The molecule has 0 amide bonds. The van der Waals surface area contributed by atoms with Crippen molar-refractivity contribution in [1.82, 2.24) is 0 Å². The Labute approximate surface area is 119 Å². The second kappa shape index (κ2) is 6.85. The van der Waals surface area contributed by atoms with Gasteiger partial charge in [0.1, 0.15) is 0 Å². The molecule has 104 valence electrons. The van der Waals surface area contributed by atoms with Gasteiger partial charge in [0.15, 0.2) is 0 Å². The summed E-state index contributed by atoms with van der Waals surface area (Å²) in [6, 6.07) is 8.39. The number of unbranched alkanes of at least 4 members (excludes halogenated alkanes) is 2. The van der Waals surface area contributed by atoms with Crippen LogP contribution in [0.3, 0.4) is 0 Å². The van der Waals surface area contributed by atoms with Gasteiger partial charge in [0.2, 0.25) is 0 Å². The number of methoxy groups -OCH3 is 1. The fourth-order valence-corrected chi connectivity index (χ4v) is 3.66. The summed E-state index contributed by atoms with van der Waals surface area (Å²) in [6.07, 6.45) is 4.06. The molecule has 3 nitrogen and oxygen atoms in total. The SMILES string of the molecule is CCCCCN1c2ccccc2SC1CC(=O)OC. The molecule has 1 aromatic carbocycles. The Morgan fingerprint density at radius 3 is 2.89 bits per heavy atom. The molecule has 2 rings (SSSR count). The Hall–Kier alpha value is -1.16. The van der Waals surface area contributed by atoms with Crippen molar-refractivity contribution in [2.45, 2.75) is 42.9 Å². The van der Waals surface area contributed by atoms with E-state index >= 15 is 0 Å². The average Bonchev–Trinajstić information content (AvgIpc) is 2.77. The van der Waals surface area contributed by atoms with Crippen molar-refractivity contribution in [3.63, 3.8) is 0 Å². The molecule has 0 N–H and O–H groups in total. The minimum atomic E-state index is -0.134. The van der Waals surface area contributed by atoms with E-state index in [0.29, 0.717) is 6.42 Å². The van der Waals surface area contributed by atoms with E-state index in [4.69, 9.17) is 4.74 Å². The molecule has 1 aliphatic heterocycles. The second-order valence-electron chi connectivity index (χ2n) is 4.72. The van der Waals surface area contributed by atoms with Crippen LogP contribution in [0.5, 0.6) is 0 Å². The van der Waals surface area contributed by atoms with Crippen LogP contribution in [-0.4, -0.2) is 25.0 Å². The number of carbonyl (C=O) groups excluding carboxylic acids is 1. The third-order valence-corrected chi connectivity index (χ3v) is 4.65. The standard InChI is InChI=1S/C15H21NO2S/c1-3-4-7-10-16-12-8-5-6-9-13(12)19-14(16)11-15(17)18-2/h5-6,8-9,14H,3-4,7,10-11H2,1-2H3. The Balaban J connectivity index is 2.09. The van der Waals surface area contributed by atoms with Crippen molar-refractivity contribution >= 4 is 23.4 Å². The number of hydrogen-bond donors (Lipinski definition) is 0. The first kappa shape index (κ1) is 14.3. The molecule has 1 unspecified atom stereocenters. The zero-order chi connectivity index (χ0) is 13.7. The molecule has 1 atom stereocenters. The van der Waals surface area contributed by atoms with Crippen LogP contribution in [-0.2, 0) is 9.53 Å². The first-order valence-corrected chi connectivity index (χ1v) is 7.73. The molecule has 0 fully saturated rings. The molecule has 1 aliphatic rings. The minimum absolute atomic E-state index is 0.134. The van der Waals surface area contributed by atoms with E-state index in [1.165, 1.54) is 37.0 Å². The fourth-order valence-electron chi connectivity index (χ4n) is 2.33. The van der Waals surface area contributed by atoms with Crippen molar-refractivity contribution in [2.75, 3.05) is 18.6 Å². The molecule has 0 spiro atoms. The lowest BCUT2D eigenvalue weighted by Gasteiger charge is -2.25. The minimum Gasteiger partial charge on any atom is -0.469 e. The van der Waals surface area contributed by atoms with Gasteiger partial charge in [-0.2, -0.15) is 0 Å². The third-order valence-electron chi connectivity index (χ3n) is 3.36. The van der Waals surface area contributed by atoms with Gasteiger partial charge >= 0.3 is 5.97 Å². The Kier molecular flexibility index (Phi) is 5.14. The summed E-state index contributed by atoms with van der Waals surface area (Å²) >= 11 is 1.77. The summed E-state index contributed by atoms with van der Waals surface area (Å²) in [5.41, 5.74) is 1.26. The molecule has 1 aromatic rings. The molecule has 4 heteroatoms. The highest BCUT2D eigenvalue weighted by molar-refractivity contribution is 8.00. The van der Waals surface area contributed by atoms with Crippen molar-refractivity contribution in [1.29, 1.82) is 0 Å². The number of rotatable bonds is 6. The van der Waals surface area contributed by atoms with E-state index in [1.807, 2.05) is 0 Å². The first-order chi connectivity index (χ1) is 9.26. The third kappa shape index (κ3) is 3.44. The predicted molar refractivity (Wildman–Crippen MR) is 79.6 cm³/mol. The average molecular weight is 279 g/mol. The summed E-state index contributed by atoms with van der Waals surface area (Å²) in [5, 5.41) is 0.182.